The summed E-state index contributed by atoms with van der Waals surface area (Å²) < 4.78 is 5.48. The normalized spacial score (nSPS) is 20.1. The van der Waals surface area contributed by atoms with Gasteiger partial charge in [-0.25, -0.2) is 0 Å². The van der Waals surface area contributed by atoms with Crippen molar-refractivity contribution < 1.29 is 4.52 Å². The summed E-state index contributed by atoms with van der Waals surface area (Å²) >= 11 is 0. The van der Waals surface area contributed by atoms with E-state index in [-0.39, 0.29) is 11.5 Å². The van der Waals surface area contributed by atoms with Crippen LogP contribution in [0, 0.1) is 5.92 Å². The van der Waals surface area contributed by atoms with E-state index in [4.69, 9.17) is 4.52 Å². The highest BCUT2D eigenvalue weighted by Gasteiger charge is 2.28. The Balaban J connectivity index is 1.93. The fraction of sp³-hybridized carbons (Fsp3) is 0.875. The van der Waals surface area contributed by atoms with E-state index < -0.39 is 0 Å². The molecule has 0 amide bonds. The predicted molar refractivity (Wildman–Crippen MR) is 84.3 cm³/mol. The second-order valence-electron chi connectivity index (χ2n) is 7.61. The molecule has 0 radical (unpaired) electrons. The van der Waals surface area contributed by atoms with Crippen molar-refractivity contribution in [2.24, 2.45) is 5.92 Å². The van der Waals surface area contributed by atoms with Crippen molar-refractivity contribution in [2.75, 3.05) is 32.7 Å². The van der Waals surface area contributed by atoms with Gasteiger partial charge in [0.15, 0.2) is 5.82 Å². The van der Waals surface area contributed by atoms with E-state index in [0.717, 1.165) is 43.8 Å². The third-order valence-electron chi connectivity index (χ3n) is 4.05. The van der Waals surface area contributed by atoms with Crippen molar-refractivity contribution in [1.82, 2.24) is 19.9 Å². The van der Waals surface area contributed by atoms with E-state index in [2.05, 4.69) is 61.5 Å². The van der Waals surface area contributed by atoms with E-state index in [0.29, 0.717) is 0 Å². The van der Waals surface area contributed by atoms with Gasteiger partial charge in [-0.2, -0.15) is 4.98 Å². The minimum atomic E-state index is -0.0581. The lowest BCUT2D eigenvalue weighted by molar-refractivity contribution is 0.0821. The molecular weight excluding hydrogens is 264 g/mol. The van der Waals surface area contributed by atoms with Crippen molar-refractivity contribution in [2.45, 2.75) is 53.0 Å². The molecule has 1 aromatic heterocycles. The Bertz CT molecular complexity index is 441. The van der Waals surface area contributed by atoms with E-state index >= 15 is 0 Å². The van der Waals surface area contributed by atoms with E-state index in [1.54, 1.807) is 0 Å². The first-order valence-corrected chi connectivity index (χ1v) is 8.08. The van der Waals surface area contributed by atoms with Gasteiger partial charge in [0.05, 0.1) is 6.04 Å². The van der Waals surface area contributed by atoms with E-state index in [1.165, 1.54) is 6.54 Å². The SMILES string of the molecule is CC(C)CN1CCN(C(C)c2nc(C(C)(C)C)no2)CC1. The van der Waals surface area contributed by atoms with Gasteiger partial charge in [-0.15, -0.1) is 0 Å². The molecule has 21 heavy (non-hydrogen) atoms. The van der Waals surface area contributed by atoms with Gasteiger partial charge < -0.3 is 9.42 Å². The maximum absolute atomic E-state index is 5.48. The first-order chi connectivity index (χ1) is 9.77. The van der Waals surface area contributed by atoms with Crippen LogP contribution in [0.15, 0.2) is 4.52 Å². The maximum Gasteiger partial charge on any atom is 0.243 e. The highest BCUT2D eigenvalue weighted by molar-refractivity contribution is 5.02. The monoisotopic (exact) mass is 294 g/mol. The van der Waals surface area contributed by atoms with Crippen LogP contribution in [-0.4, -0.2) is 52.7 Å². The predicted octanol–water partition coefficient (Wildman–Crippen LogP) is 2.70. The van der Waals surface area contributed by atoms with Crippen LogP contribution in [0.5, 0.6) is 0 Å². The molecule has 0 aromatic carbocycles. The van der Waals surface area contributed by atoms with Crippen molar-refractivity contribution >= 4 is 0 Å². The Labute approximate surface area is 128 Å². The summed E-state index contributed by atoms with van der Waals surface area (Å²) in [5, 5.41) is 4.13. The minimum absolute atomic E-state index is 0.0581. The highest BCUT2D eigenvalue weighted by Crippen LogP contribution is 2.24. The molecule has 0 saturated carbocycles. The average molecular weight is 294 g/mol. The molecule has 0 N–H and O–H groups in total. The first-order valence-electron chi connectivity index (χ1n) is 8.08. The van der Waals surface area contributed by atoms with Gasteiger partial charge in [0.25, 0.3) is 0 Å². The number of hydrogen-bond donors (Lipinski definition) is 0. The Morgan fingerprint density at radius 3 is 2.19 bits per heavy atom. The maximum atomic E-state index is 5.48. The molecule has 0 bridgehead atoms. The number of nitrogens with zero attached hydrogens (tertiary/aromatic N) is 4. The Hall–Kier alpha value is -0.940. The zero-order valence-electron chi connectivity index (χ0n) is 14.4. The standard InChI is InChI=1S/C16H30N4O/c1-12(2)11-19-7-9-20(10-8-19)13(3)14-17-15(18-21-14)16(4,5)6/h12-13H,7-11H2,1-6H3. The van der Waals surface area contributed by atoms with Gasteiger partial charge in [0, 0.05) is 38.1 Å². The second kappa shape index (κ2) is 6.44. The van der Waals surface area contributed by atoms with Crippen molar-refractivity contribution in [3.63, 3.8) is 0 Å². The summed E-state index contributed by atoms with van der Waals surface area (Å²) in [5.74, 6) is 2.28. The molecule has 1 unspecified atom stereocenters. The molecule has 1 saturated heterocycles. The van der Waals surface area contributed by atoms with Gasteiger partial charge in [-0.1, -0.05) is 39.8 Å². The second-order valence-corrected chi connectivity index (χ2v) is 7.61. The zero-order valence-corrected chi connectivity index (χ0v) is 14.4. The lowest BCUT2D eigenvalue weighted by atomic mass is 9.96. The summed E-state index contributed by atoms with van der Waals surface area (Å²) in [6.07, 6.45) is 0. The van der Waals surface area contributed by atoms with Crippen LogP contribution in [0.1, 0.15) is 59.3 Å². The fourth-order valence-electron chi connectivity index (χ4n) is 2.72. The molecule has 0 aliphatic carbocycles. The summed E-state index contributed by atoms with van der Waals surface area (Å²) in [6, 6.07) is 0.204. The molecule has 1 aliphatic rings. The number of rotatable bonds is 4. The molecule has 2 rings (SSSR count). The summed E-state index contributed by atoms with van der Waals surface area (Å²) in [4.78, 5) is 9.58. The van der Waals surface area contributed by atoms with Crippen LogP contribution < -0.4 is 0 Å². The van der Waals surface area contributed by atoms with Crippen LogP contribution in [0.2, 0.25) is 0 Å². The first kappa shape index (κ1) is 16.4. The van der Waals surface area contributed by atoms with Gasteiger partial charge in [-0.05, 0) is 12.8 Å². The van der Waals surface area contributed by atoms with Crippen molar-refractivity contribution in [1.29, 1.82) is 0 Å². The highest BCUT2D eigenvalue weighted by atomic mass is 16.5. The molecule has 5 heteroatoms. The molecule has 120 valence electrons. The molecule has 1 aromatic rings. The molecule has 1 fully saturated rings. The van der Waals surface area contributed by atoms with Crippen molar-refractivity contribution in [3.8, 4) is 0 Å². The molecule has 0 spiro atoms. The van der Waals surface area contributed by atoms with Crippen LogP contribution in [0.25, 0.3) is 0 Å². The van der Waals surface area contributed by atoms with E-state index in [1.807, 2.05) is 0 Å². The molecule has 2 heterocycles. The number of piperazine rings is 1. The average Bonchev–Trinajstić information content (AvgIpc) is 2.87. The minimum Gasteiger partial charge on any atom is -0.338 e. The van der Waals surface area contributed by atoms with Crippen LogP contribution in [0.3, 0.4) is 0 Å². The van der Waals surface area contributed by atoms with Gasteiger partial charge >= 0.3 is 0 Å². The molecular formula is C16H30N4O. The fourth-order valence-corrected chi connectivity index (χ4v) is 2.72. The van der Waals surface area contributed by atoms with Crippen LogP contribution in [-0.2, 0) is 5.41 Å². The molecule has 1 aliphatic heterocycles. The summed E-state index contributed by atoms with van der Waals surface area (Å²) in [7, 11) is 0. The Kier molecular flexibility index (Phi) is 5.04. The number of aromatic nitrogens is 2. The summed E-state index contributed by atoms with van der Waals surface area (Å²) in [6.45, 7) is 18.6. The van der Waals surface area contributed by atoms with Crippen LogP contribution >= 0.6 is 0 Å². The lowest BCUT2D eigenvalue weighted by Crippen LogP contribution is -2.48. The van der Waals surface area contributed by atoms with Crippen LogP contribution in [0.4, 0.5) is 0 Å². The number of hydrogen-bond acceptors (Lipinski definition) is 5. The molecule has 1 atom stereocenters. The van der Waals surface area contributed by atoms with Gasteiger partial charge in [-0.3, -0.25) is 4.90 Å². The summed E-state index contributed by atoms with van der Waals surface area (Å²) in [5.41, 5.74) is -0.0581. The Morgan fingerprint density at radius 1 is 1.10 bits per heavy atom. The smallest absolute Gasteiger partial charge is 0.243 e. The third-order valence-corrected chi connectivity index (χ3v) is 4.05. The van der Waals surface area contributed by atoms with Gasteiger partial charge in [0.1, 0.15) is 0 Å². The molecule has 5 nitrogen and oxygen atoms in total. The largest absolute Gasteiger partial charge is 0.338 e. The van der Waals surface area contributed by atoms with E-state index in [9.17, 15) is 0 Å². The van der Waals surface area contributed by atoms with Gasteiger partial charge in [0.2, 0.25) is 5.89 Å². The quantitative estimate of drug-likeness (QED) is 0.854. The Morgan fingerprint density at radius 2 is 1.71 bits per heavy atom. The third kappa shape index (κ3) is 4.27. The topological polar surface area (TPSA) is 45.4 Å². The van der Waals surface area contributed by atoms with Crippen molar-refractivity contribution in [3.05, 3.63) is 11.7 Å². The zero-order chi connectivity index (χ0) is 15.6. The lowest BCUT2D eigenvalue weighted by Gasteiger charge is -2.37.